The maximum atomic E-state index is 5.94. The lowest BCUT2D eigenvalue weighted by Crippen LogP contribution is -2.28. The van der Waals surface area contributed by atoms with E-state index in [2.05, 4.69) is 21.4 Å². The summed E-state index contributed by atoms with van der Waals surface area (Å²) < 4.78 is 12.0. The van der Waals surface area contributed by atoms with Crippen LogP contribution in [0.5, 0.6) is 5.75 Å². The van der Waals surface area contributed by atoms with Crippen LogP contribution in [0.15, 0.2) is 57.4 Å². The van der Waals surface area contributed by atoms with Crippen LogP contribution in [0.25, 0.3) is 11.0 Å². The first kappa shape index (κ1) is 14.1. The number of fused-ring (bicyclic) bond motifs is 1. The molecule has 0 aliphatic rings. The van der Waals surface area contributed by atoms with Gasteiger partial charge in [0.15, 0.2) is 0 Å². The maximum absolute atomic E-state index is 5.94. The lowest BCUT2D eigenvalue weighted by atomic mass is 10.0. The number of para-hydroxylation sites is 1. The molecule has 0 fully saturated rings. The average Bonchev–Trinajstić information content (AvgIpc) is 2.94. The smallest absolute Gasteiger partial charge is 0.148 e. The molecule has 0 saturated carbocycles. The highest BCUT2D eigenvalue weighted by molar-refractivity contribution is 9.10. The summed E-state index contributed by atoms with van der Waals surface area (Å²) in [6.07, 6.45) is 0. The Labute approximate surface area is 131 Å². The van der Waals surface area contributed by atoms with E-state index in [1.807, 2.05) is 48.5 Å². The highest BCUT2D eigenvalue weighted by atomic mass is 79.9. The van der Waals surface area contributed by atoms with Crippen LogP contribution in [0.1, 0.15) is 17.4 Å². The molecular weight excluding hydrogens is 332 g/mol. The molecule has 108 valence electrons. The van der Waals surface area contributed by atoms with Crippen molar-refractivity contribution in [2.75, 3.05) is 7.11 Å². The average molecular weight is 347 g/mol. The predicted molar refractivity (Wildman–Crippen MR) is 86.1 cm³/mol. The Morgan fingerprint density at radius 1 is 1.19 bits per heavy atom. The molecule has 21 heavy (non-hydrogen) atoms. The SMILES string of the molecule is COc1ccc(C(NN)c2cc3cccc(Br)c3o2)cc1. The first-order valence-electron chi connectivity index (χ1n) is 6.51. The molecule has 2 aromatic carbocycles. The standard InChI is InChI=1S/C16H15BrN2O2/c1-20-12-7-5-10(6-8-12)15(19-18)14-9-11-3-2-4-13(17)16(11)21-14/h2-9,15,19H,18H2,1H3. The van der Waals surface area contributed by atoms with Crippen LogP contribution in [-0.2, 0) is 0 Å². The normalized spacial score (nSPS) is 12.5. The lowest BCUT2D eigenvalue weighted by Gasteiger charge is -2.14. The molecule has 0 spiro atoms. The molecule has 1 atom stereocenters. The Kier molecular flexibility index (Phi) is 3.96. The zero-order valence-electron chi connectivity index (χ0n) is 11.5. The zero-order chi connectivity index (χ0) is 14.8. The number of nitrogens with two attached hydrogens (primary N) is 1. The van der Waals surface area contributed by atoms with E-state index in [-0.39, 0.29) is 6.04 Å². The van der Waals surface area contributed by atoms with Crippen molar-refractivity contribution in [2.45, 2.75) is 6.04 Å². The molecule has 1 unspecified atom stereocenters. The largest absolute Gasteiger partial charge is 0.497 e. The van der Waals surface area contributed by atoms with Crippen LogP contribution in [0.4, 0.5) is 0 Å². The van der Waals surface area contributed by atoms with E-state index in [1.54, 1.807) is 7.11 Å². The second-order valence-electron chi connectivity index (χ2n) is 4.68. The molecule has 1 aromatic heterocycles. The first-order chi connectivity index (χ1) is 10.2. The first-order valence-corrected chi connectivity index (χ1v) is 7.30. The summed E-state index contributed by atoms with van der Waals surface area (Å²) in [6, 6.07) is 15.4. The number of hydrazine groups is 1. The van der Waals surface area contributed by atoms with E-state index >= 15 is 0 Å². The van der Waals surface area contributed by atoms with Gasteiger partial charge in [0.05, 0.1) is 11.6 Å². The van der Waals surface area contributed by atoms with Gasteiger partial charge in [0.25, 0.3) is 0 Å². The van der Waals surface area contributed by atoms with E-state index in [0.717, 1.165) is 32.5 Å². The van der Waals surface area contributed by atoms with Crippen LogP contribution >= 0.6 is 15.9 Å². The van der Waals surface area contributed by atoms with Gasteiger partial charge < -0.3 is 9.15 Å². The van der Waals surface area contributed by atoms with Crippen molar-refractivity contribution >= 4 is 26.9 Å². The molecule has 0 amide bonds. The van der Waals surface area contributed by atoms with Crippen LogP contribution in [0.3, 0.4) is 0 Å². The second-order valence-corrected chi connectivity index (χ2v) is 5.53. The fourth-order valence-electron chi connectivity index (χ4n) is 2.33. The van der Waals surface area contributed by atoms with E-state index in [0.29, 0.717) is 0 Å². The van der Waals surface area contributed by atoms with Crippen LogP contribution in [-0.4, -0.2) is 7.11 Å². The van der Waals surface area contributed by atoms with Crippen LogP contribution < -0.4 is 16.0 Å². The van der Waals surface area contributed by atoms with Crippen molar-refractivity contribution in [3.63, 3.8) is 0 Å². The van der Waals surface area contributed by atoms with Crippen molar-refractivity contribution < 1.29 is 9.15 Å². The number of hydrogen-bond donors (Lipinski definition) is 2. The summed E-state index contributed by atoms with van der Waals surface area (Å²) in [5.41, 5.74) is 4.63. The molecule has 3 N–H and O–H groups in total. The van der Waals surface area contributed by atoms with Gasteiger partial charge in [0.1, 0.15) is 23.1 Å². The molecule has 0 bridgehead atoms. The number of rotatable bonds is 4. The van der Waals surface area contributed by atoms with Crippen molar-refractivity contribution in [1.29, 1.82) is 0 Å². The van der Waals surface area contributed by atoms with Gasteiger partial charge in [0.2, 0.25) is 0 Å². The maximum Gasteiger partial charge on any atom is 0.148 e. The minimum absolute atomic E-state index is 0.213. The van der Waals surface area contributed by atoms with Crippen LogP contribution in [0, 0.1) is 0 Å². The molecule has 1 heterocycles. The number of hydrogen-bond acceptors (Lipinski definition) is 4. The lowest BCUT2D eigenvalue weighted by molar-refractivity contribution is 0.414. The molecule has 4 nitrogen and oxygen atoms in total. The van der Waals surface area contributed by atoms with Gasteiger partial charge in [-0.3, -0.25) is 5.84 Å². The number of furan rings is 1. The summed E-state index contributed by atoms with van der Waals surface area (Å²) in [4.78, 5) is 0. The number of nitrogens with one attached hydrogen (secondary N) is 1. The zero-order valence-corrected chi connectivity index (χ0v) is 13.1. The number of halogens is 1. The van der Waals surface area contributed by atoms with Gasteiger partial charge in [0, 0.05) is 5.39 Å². The van der Waals surface area contributed by atoms with Crippen LogP contribution in [0.2, 0.25) is 0 Å². The summed E-state index contributed by atoms with van der Waals surface area (Å²) in [6.45, 7) is 0. The third kappa shape index (κ3) is 2.68. The number of methoxy groups -OCH3 is 1. The Morgan fingerprint density at radius 2 is 1.95 bits per heavy atom. The molecule has 3 aromatic rings. The summed E-state index contributed by atoms with van der Waals surface area (Å²) >= 11 is 3.49. The Hall–Kier alpha value is -1.82. The summed E-state index contributed by atoms with van der Waals surface area (Å²) in [5.74, 6) is 7.29. The third-order valence-electron chi connectivity index (χ3n) is 3.42. The van der Waals surface area contributed by atoms with Gasteiger partial charge in [-0.25, -0.2) is 5.43 Å². The van der Waals surface area contributed by atoms with E-state index in [4.69, 9.17) is 15.0 Å². The van der Waals surface area contributed by atoms with Crippen molar-refractivity contribution in [1.82, 2.24) is 5.43 Å². The van der Waals surface area contributed by atoms with E-state index in [1.165, 1.54) is 0 Å². The van der Waals surface area contributed by atoms with E-state index < -0.39 is 0 Å². The van der Waals surface area contributed by atoms with Gasteiger partial charge >= 0.3 is 0 Å². The quantitative estimate of drug-likeness (QED) is 0.557. The molecule has 0 aliphatic carbocycles. The molecule has 3 rings (SSSR count). The molecule has 0 radical (unpaired) electrons. The molecular formula is C16H15BrN2O2. The number of ether oxygens (including phenoxy) is 1. The van der Waals surface area contributed by atoms with E-state index in [9.17, 15) is 0 Å². The monoisotopic (exact) mass is 346 g/mol. The fourth-order valence-corrected chi connectivity index (χ4v) is 2.79. The molecule has 0 saturated heterocycles. The summed E-state index contributed by atoms with van der Waals surface area (Å²) in [7, 11) is 1.64. The van der Waals surface area contributed by atoms with Crippen molar-refractivity contribution in [2.24, 2.45) is 5.84 Å². The Balaban J connectivity index is 2.02. The molecule has 0 aliphatic heterocycles. The van der Waals surface area contributed by atoms with Gasteiger partial charge in [-0.05, 0) is 45.8 Å². The predicted octanol–water partition coefficient (Wildman–Crippen LogP) is 3.76. The van der Waals surface area contributed by atoms with Crippen molar-refractivity contribution in [3.8, 4) is 5.75 Å². The fraction of sp³-hybridized carbons (Fsp3) is 0.125. The minimum Gasteiger partial charge on any atom is -0.497 e. The topological polar surface area (TPSA) is 60.4 Å². The Morgan fingerprint density at radius 3 is 2.57 bits per heavy atom. The second kappa shape index (κ2) is 5.89. The molecule has 5 heteroatoms. The summed E-state index contributed by atoms with van der Waals surface area (Å²) in [5, 5.41) is 1.04. The van der Waals surface area contributed by atoms with Gasteiger partial charge in [-0.15, -0.1) is 0 Å². The third-order valence-corrected chi connectivity index (χ3v) is 4.04. The van der Waals surface area contributed by atoms with Gasteiger partial charge in [-0.2, -0.15) is 0 Å². The van der Waals surface area contributed by atoms with Gasteiger partial charge in [-0.1, -0.05) is 24.3 Å². The van der Waals surface area contributed by atoms with Crippen molar-refractivity contribution in [3.05, 3.63) is 64.3 Å². The Bertz CT molecular complexity index is 753. The number of benzene rings is 2. The highest BCUT2D eigenvalue weighted by Crippen LogP contribution is 2.32. The highest BCUT2D eigenvalue weighted by Gasteiger charge is 2.18. The minimum atomic E-state index is -0.213.